The summed E-state index contributed by atoms with van der Waals surface area (Å²) in [5, 5.41) is 14.5. The van der Waals surface area contributed by atoms with Crippen LogP contribution in [0.15, 0.2) is 17.1 Å². The Bertz CT molecular complexity index is 1220. The summed E-state index contributed by atoms with van der Waals surface area (Å²) in [6.07, 6.45) is 5.57. The Morgan fingerprint density at radius 1 is 1.33 bits per heavy atom. The molecule has 164 valence electrons. The van der Waals surface area contributed by atoms with Gasteiger partial charge in [-0.15, -0.1) is 0 Å². The van der Waals surface area contributed by atoms with Crippen LogP contribution in [-0.4, -0.2) is 63.4 Å². The number of nitrogens with one attached hydrogen (secondary N) is 1. The molecule has 2 aromatic heterocycles. The smallest absolute Gasteiger partial charge is 0.255 e. The van der Waals surface area contributed by atoms with E-state index in [4.69, 9.17) is 4.11 Å². The molecule has 3 heterocycles. The molecule has 0 spiro atoms. The van der Waals surface area contributed by atoms with Crippen LogP contribution in [0.4, 0.5) is 5.95 Å². The summed E-state index contributed by atoms with van der Waals surface area (Å²) in [5.74, 6) is 0.271. The van der Waals surface area contributed by atoms with Crippen LogP contribution in [0.25, 0.3) is 11.0 Å². The monoisotopic (exact) mass is 438 g/mol. The number of aliphatic hydroxyl groups is 1. The number of piperidine rings is 1. The Morgan fingerprint density at radius 2 is 2.07 bits per heavy atom. The average molecular weight is 439 g/mol. The molecule has 2 aliphatic rings. The molecular formula is C20H29N5O4S. The topological polar surface area (TPSA) is 117 Å². The van der Waals surface area contributed by atoms with Gasteiger partial charge >= 0.3 is 0 Å². The largest absolute Gasteiger partial charge is 0.388 e. The van der Waals surface area contributed by atoms with E-state index in [1.165, 1.54) is 27.4 Å². The number of hydrogen-bond donors (Lipinski definition) is 2. The third-order valence-electron chi connectivity index (χ3n) is 6.22. The summed E-state index contributed by atoms with van der Waals surface area (Å²) in [7, 11) is -3.23. The van der Waals surface area contributed by atoms with Gasteiger partial charge < -0.3 is 10.4 Å². The second-order valence-electron chi connectivity index (χ2n) is 8.55. The Hall–Kier alpha value is -2.04. The highest BCUT2D eigenvalue weighted by Crippen LogP contribution is 2.39. The molecule has 2 N–H and O–H groups in total. The summed E-state index contributed by atoms with van der Waals surface area (Å²) in [6, 6.07) is 0.659. The van der Waals surface area contributed by atoms with Gasteiger partial charge in [0.15, 0.2) is 0 Å². The van der Waals surface area contributed by atoms with E-state index in [2.05, 4.69) is 15.3 Å². The Labute approximate surface area is 180 Å². The highest BCUT2D eigenvalue weighted by atomic mass is 32.2. The number of nitrogens with zero attached hydrogens (tertiary/aromatic N) is 4. The number of fused-ring (bicyclic) bond motifs is 1. The molecule has 0 unspecified atom stereocenters. The van der Waals surface area contributed by atoms with Crippen LogP contribution >= 0.6 is 0 Å². The molecule has 30 heavy (non-hydrogen) atoms. The van der Waals surface area contributed by atoms with E-state index in [9.17, 15) is 18.3 Å². The lowest BCUT2D eigenvalue weighted by atomic mass is 9.99. The first-order chi connectivity index (χ1) is 15.3. The van der Waals surface area contributed by atoms with Crippen LogP contribution in [0.5, 0.6) is 0 Å². The zero-order valence-corrected chi connectivity index (χ0v) is 17.9. The van der Waals surface area contributed by atoms with E-state index in [0.717, 1.165) is 0 Å². The zero-order valence-electron chi connectivity index (χ0n) is 20.1. The van der Waals surface area contributed by atoms with Gasteiger partial charge in [0, 0.05) is 40.4 Å². The number of anilines is 1. The molecule has 1 aliphatic carbocycles. The molecule has 0 amide bonds. The van der Waals surface area contributed by atoms with Crippen molar-refractivity contribution in [2.24, 2.45) is 0 Å². The maximum Gasteiger partial charge on any atom is 0.255 e. The standard InChI is InChI=1S/C20H29N5O4S/c1-13-11-14-12-21-19(22-15-6-9-24(10-7-15)30(3,28)29)23-17(14)25(18(13)26)16-5-4-8-20(16,2)27/h11-12,15-16,27H,4-10H2,1-3H3,(H,21,22,23)/t16-,20-/m1/s1/i1D3. The average Bonchev–Trinajstić information content (AvgIpc) is 3.05. The lowest BCUT2D eigenvalue weighted by Crippen LogP contribution is -2.42. The molecular weight excluding hydrogens is 406 g/mol. The molecule has 2 fully saturated rings. The highest BCUT2D eigenvalue weighted by molar-refractivity contribution is 7.88. The van der Waals surface area contributed by atoms with Crippen LogP contribution in [0.1, 0.15) is 54.7 Å². The van der Waals surface area contributed by atoms with Crippen molar-refractivity contribution in [3.05, 3.63) is 28.2 Å². The van der Waals surface area contributed by atoms with Gasteiger partial charge in [0.2, 0.25) is 16.0 Å². The predicted octanol–water partition coefficient (Wildman–Crippen LogP) is 1.41. The van der Waals surface area contributed by atoms with Crippen molar-refractivity contribution in [2.45, 2.75) is 63.6 Å². The number of aromatic nitrogens is 3. The minimum atomic E-state index is -3.23. The van der Waals surface area contributed by atoms with Gasteiger partial charge in [-0.05, 0) is 51.9 Å². The van der Waals surface area contributed by atoms with E-state index < -0.39 is 34.1 Å². The van der Waals surface area contributed by atoms with Crippen LogP contribution < -0.4 is 10.9 Å². The summed E-state index contributed by atoms with van der Waals surface area (Å²) >= 11 is 0. The van der Waals surface area contributed by atoms with Crippen LogP contribution in [0.2, 0.25) is 0 Å². The molecule has 10 heteroatoms. The van der Waals surface area contributed by atoms with E-state index in [1.807, 2.05) is 0 Å². The van der Waals surface area contributed by atoms with Gasteiger partial charge in [0.05, 0.1) is 17.9 Å². The molecule has 2 aromatic rings. The fraction of sp³-hybridized carbons (Fsp3) is 0.650. The lowest BCUT2D eigenvalue weighted by Gasteiger charge is -2.31. The Balaban J connectivity index is 1.73. The van der Waals surface area contributed by atoms with Crippen molar-refractivity contribution < 1.29 is 17.6 Å². The van der Waals surface area contributed by atoms with E-state index in [0.29, 0.717) is 50.6 Å². The van der Waals surface area contributed by atoms with Crippen molar-refractivity contribution >= 4 is 27.0 Å². The fourth-order valence-corrected chi connectivity index (χ4v) is 5.41. The van der Waals surface area contributed by atoms with E-state index >= 15 is 0 Å². The maximum absolute atomic E-state index is 13.3. The summed E-state index contributed by atoms with van der Waals surface area (Å²) < 4.78 is 49.6. The number of pyridine rings is 1. The predicted molar refractivity (Wildman–Crippen MR) is 115 cm³/mol. The number of sulfonamides is 1. The first-order valence-electron chi connectivity index (χ1n) is 11.6. The first-order valence-corrected chi connectivity index (χ1v) is 12.0. The van der Waals surface area contributed by atoms with Crippen molar-refractivity contribution in [1.29, 1.82) is 0 Å². The number of aryl methyl sites for hydroxylation is 1. The lowest BCUT2D eigenvalue weighted by molar-refractivity contribution is 0.0266. The van der Waals surface area contributed by atoms with Crippen molar-refractivity contribution in [2.75, 3.05) is 24.7 Å². The second kappa shape index (κ2) is 7.58. The quantitative estimate of drug-likeness (QED) is 0.741. The minimum Gasteiger partial charge on any atom is -0.388 e. The molecule has 9 nitrogen and oxygen atoms in total. The Kier molecular flexibility index (Phi) is 4.45. The SMILES string of the molecule is [2H]C([2H])([2H])c1cc2cnc(NC3CCN(S(C)(=O)=O)CC3)nc2n([C@@H]2CCC[C@@]2(C)O)c1=O. The molecule has 0 radical (unpaired) electrons. The van der Waals surface area contributed by atoms with Gasteiger partial charge in [-0.1, -0.05) is 0 Å². The summed E-state index contributed by atoms with van der Waals surface area (Å²) in [5.41, 5.74) is -1.90. The molecule has 4 rings (SSSR count). The van der Waals surface area contributed by atoms with Gasteiger partial charge in [0.25, 0.3) is 5.56 Å². The summed E-state index contributed by atoms with van der Waals surface area (Å²) in [6.45, 7) is -0.174. The third kappa shape index (κ3) is 3.95. The normalized spacial score (nSPS) is 28.2. The molecule has 1 saturated heterocycles. The first kappa shape index (κ1) is 17.6. The van der Waals surface area contributed by atoms with Crippen LogP contribution in [0.3, 0.4) is 0 Å². The van der Waals surface area contributed by atoms with Gasteiger partial charge in [-0.3, -0.25) is 9.36 Å². The third-order valence-corrected chi connectivity index (χ3v) is 7.52. The fourth-order valence-electron chi connectivity index (χ4n) is 4.53. The van der Waals surface area contributed by atoms with Crippen LogP contribution in [0, 0.1) is 6.85 Å². The zero-order chi connectivity index (χ0) is 24.2. The summed E-state index contributed by atoms with van der Waals surface area (Å²) in [4.78, 5) is 22.1. The van der Waals surface area contributed by atoms with E-state index in [1.54, 1.807) is 6.92 Å². The van der Waals surface area contributed by atoms with Gasteiger partial charge in [-0.25, -0.2) is 17.7 Å². The van der Waals surface area contributed by atoms with Crippen molar-refractivity contribution in [1.82, 2.24) is 18.8 Å². The minimum absolute atomic E-state index is 0.0446. The molecule has 1 aliphatic heterocycles. The molecule has 1 saturated carbocycles. The van der Waals surface area contributed by atoms with E-state index in [-0.39, 0.29) is 23.2 Å². The molecule has 0 bridgehead atoms. The highest BCUT2D eigenvalue weighted by Gasteiger charge is 2.39. The van der Waals surface area contributed by atoms with Crippen molar-refractivity contribution in [3.63, 3.8) is 0 Å². The van der Waals surface area contributed by atoms with Gasteiger partial charge in [-0.2, -0.15) is 4.98 Å². The maximum atomic E-state index is 13.3. The number of rotatable bonds is 4. The molecule has 2 atom stereocenters. The Morgan fingerprint density at radius 3 is 2.67 bits per heavy atom. The van der Waals surface area contributed by atoms with Gasteiger partial charge in [0.1, 0.15) is 5.65 Å². The number of hydrogen-bond acceptors (Lipinski definition) is 7. The van der Waals surface area contributed by atoms with Crippen LogP contribution in [-0.2, 0) is 10.0 Å². The van der Waals surface area contributed by atoms with Crippen molar-refractivity contribution in [3.8, 4) is 0 Å². The second-order valence-corrected chi connectivity index (χ2v) is 10.5. The molecule has 0 aromatic carbocycles.